The van der Waals surface area contributed by atoms with Crippen LogP contribution in [-0.2, 0) is 7.05 Å². The largest absolute Gasteiger partial charge is 0.204 e. The fourth-order valence-electron chi connectivity index (χ4n) is 1.13. The van der Waals surface area contributed by atoms with E-state index in [0.29, 0.717) is 5.82 Å². The highest BCUT2D eigenvalue weighted by atomic mass is 79.9. The molecule has 72 valence electrons. The lowest BCUT2D eigenvalue weighted by Gasteiger charge is -1.99. The first-order valence-corrected chi connectivity index (χ1v) is 4.96. The number of hydrogen-bond acceptors (Lipinski definition) is 3. The van der Waals surface area contributed by atoms with Crippen molar-refractivity contribution in [2.45, 2.75) is 6.92 Å². The highest BCUT2D eigenvalue weighted by Crippen LogP contribution is 2.22. The summed E-state index contributed by atoms with van der Waals surface area (Å²) in [6, 6.07) is 6.00. The first-order valence-electron chi connectivity index (χ1n) is 4.17. The van der Waals surface area contributed by atoms with E-state index in [1.807, 2.05) is 25.1 Å². The Morgan fingerprint density at radius 3 is 2.71 bits per heavy atom. The number of benzene rings is 1. The summed E-state index contributed by atoms with van der Waals surface area (Å²) in [5.41, 5.74) is 2.16. The van der Waals surface area contributed by atoms with E-state index in [2.05, 4.69) is 31.3 Å². The van der Waals surface area contributed by atoms with Gasteiger partial charge in [-0.25, -0.2) is 0 Å². The number of hydrogen-bond donors (Lipinski definition) is 0. The third kappa shape index (κ3) is 1.68. The van der Waals surface area contributed by atoms with Gasteiger partial charge in [-0.05, 0) is 23.8 Å². The van der Waals surface area contributed by atoms with Crippen molar-refractivity contribution in [2.24, 2.45) is 7.05 Å². The molecule has 2 aromatic rings. The monoisotopic (exact) mass is 252 g/mol. The van der Waals surface area contributed by atoms with Crippen LogP contribution in [0.2, 0.25) is 0 Å². The molecule has 1 heterocycles. The normalized spacial score (nSPS) is 10.5. The number of rotatable bonds is 1. The fraction of sp³-hybridized carbons (Fsp3) is 0.222. The Morgan fingerprint density at radius 2 is 2.14 bits per heavy atom. The predicted molar refractivity (Wildman–Crippen MR) is 56.7 cm³/mol. The molecule has 0 spiro atoms. The van der Waals surface area contributed by atoms with Crippen molar-refractivity contribution in [3.8, 4) is 11.4 Å². The van der Waals surface area contributed by atoms with E-state index in [1.54, 1.807) is 7.05 Å². The van der Waals surface area contributed by atoms with E-state index in [1.165, 1.54) is 10.4 Å². The van der Waals surface area contributed by atoms with Gasteiger partial charge in [0.1, 0.15) is 0 Å². The van der Waals surface area contributed by atoms with Crippen LogP contribution >= 0.6 is 15.9 Å². The SMILES string of the molecule is Cc1ccc(-c2nnn(C)n2)cc1Br. The smallest absolute Gasteiger partial charge is 0.167 e. The molecule has 0 aliphatic heterocycles. The molecule has 0 unspecified atom stereocenters. The fourth-order valence-corrected chi connectivity index (χ4v) is 1.51. The van der Waals surface area contributed by atoms with E-state index < -0.39 is 0 Å². The van der Waals surface area contributed by atoms with Gasteiger partial charge in [0.2, 0.25) is 5.82 Å². The minimum Gasteiger partial charge on any atom is -0.167 e. The van der Waals surface area contributed by atoms with Crippen LogP contribution < -0.4 is 0 Å². The molecule has 0 bridgehead atoms. The summed E-state index contributed by atoms with van der Waals surface area (Å²) < 4.78 is 1.06. The molecule has 0 amide bonds. The molecule has 0 saturated carbocycles. The van der Waals surface area contributed by atoms with Crippen LogP contribution in [-0.4, -0.2) is 20.2 Å². The molecular weight excluding hydrogens is 244 g/mol. The topological polar surface area (TPSA) is 43.6 Å². The first kappa shape index (κ1) is 9.33. The summed E-state index contributed by atoms with van der Waals surface area (Å²) in [4.78, 5) is 1.45. The van der Waals surface area contributed by atoms with Gasteiger partial charge >= 0.3 is 0 Å². The van der Waals surface area contributed by atoms with Crippen molar-refractivity contribution in [3.05, 3.63) is 28.2 Å². The zero-order valence-corrected chi connectivity index (χ0v) is 9.48. The second kappa shape index (κ2) is 3.49. The maximum absolute atomic E-state index is 4.13. The average Bonchev–Trinajstić information content (AvgIpc) is 2.57. The highest BCUT2D eigenvalue weighted by molar-refractivity contribution is 9.10. The Hall–Kier alpha value is -1.23. The molecule has 0 radical (unpaired) electrons. The van der Waals surface area contributed by atoms with Gasteiger partial charge in [-0.3, -0.25) is 0 Å². The third-order valence-electron chi connectivity index (χ3n) is 1.94. The Kier molecular flexibility index (Phi) is 2.33. The van der Waals surface area contributed by atoms with Gasteiger partial charge < -0.3 is 0 Å². The van der Waals surface area contributed by atoms with Crippen molar-refractivity contribution >= 4 is 15.9 Å². The Labute approximate surface area is 90.1 Å². The lowest BCUT2D eigenvalue weighted by Crippen LogP contribution is -1.91. The molecule has 0 fully saturated rings. The Balaban J connectivity index is 2.47. The minimum atomic E-state index is 0.646. The molecule has 0 saturated heterocycles. The molecule has 4 nitrogen and oxygen atoms in total. The van der Waals surface area contributed by atoms with Crippen LogP contribution in [0, 0.1) is 6.92 Å². The molecule has 2 rings (SSSR count). The molecule has 0 N–H and O–H groups in total. The first-order chi connectivity index (χ1) is 6.66. The van der Waals surface area contributed by atoms with Crippen molar-refractivity contribution in [1.82, 2.24) is 20.2 Å². The van der Waals surface area contributed by atoms with E-state index in [0.717, 1.165) is 10.0 Å². The highest BCUT2D eigenvalue weighted by Gasteiger charge is 2.05. The maximum atomic E-state index is 4.13. The van der Waals surface area contributed by atoms with Gasteiger partial charge in [-0.1, -0.05) is 28.1 Å². The molecule has 14 heavy (non-hydrogen) atoms. The van der Waals surface area contributed by atoms with Crippen molar-refractivity contribution in [1.29, 1.82) is 0 Å². The van der Waals surface area contributed by atoms with Crippen LogP contribution in [0.15, 0.2) is 22.7 Å². The minimum absolute atomic E-state index is 0.646. The quantitative estimate of drug-likeness (QED) is 0.780. The summed E-state index contributed by atoms with van der Waals surface area (Å²) >= 11 is 3.47. The third-order valence-corrected chi connectivity index (χ3v) is 2.79. The number of tetrazole rings is 1. The number of nitrogens with zero attached hydrogens (tertiary/aromatic N) is 4. The zero-order valence-electron chi connectivity index (χ0n) is 7.90. The van der Waals surface area contributed by atoms with Gasteiger partial charge in [0, 0.05) is 10.0 Å². The number of aryl methyl sites for hydroxylation is 2. The zero-order chi connectivity index (χ0) is 10.1. The van der Waals surface area contributed by atoms with Crippen LogP contribution in [0.4, 0.5) is 0 Å². The summed E-state index contributed by atoms with van der Waals surface area (Å²) in [6.45, 7) is 2.04. The van der Waals surface area contributed by atoms with Crippen LogP contribution in [0.1, 0.15) is 5.56 Å². The molecule has 0 aliphatic rings. The summed E-state index contributed by atoms with van der Waals surface area (Å²) in [7, 11) is 1.75. The van der Waals surface area contributed by atoms with E-state index in [9.17, 15) is 0 Å². The van der Waals surface area contributed by atoms with Crippen LogP contribution in [0.3, 0.4) is 0 Å². The molecule has 0 aliphatic carbocycles. The number of aromatic nitrogens is 4. The van der Waals surface area contributed by atoms with Gasteiger partial charge in [-0.2, -0.15) is 4.80 Å². The lowest BCUT2D eigenvalue weighted by molar-refractivity contribution is 0.630. The second-order valence-corrected chi connectivity index (χ2v) is 3.92. The molecule has 0 atom stereocenters. The Bertz CT molecular complexity index is 464. The molecule has 5 heteroatoms. The van der Waals surface area contributed by atoms with Crippen molar-refractivity contribution < 1.29 is 0 Å². The summed E-state index contributed by atoms with van der Waals surface area (Å²) in [5, 5.41) is 11.8. The predicted octanol–water partition coefficient (Wildman–Crippen LogP) is 1.95. The lowest BCUT2D eigenvalue weighted by atomic mass is 10.1. The summed E-state index contributed by atoms with van der Waals surface area (Å²) in [5.74, 6) is 0.646. The van der Waals surface area contributed by atoms with Crippen molar-refractivity contribution in [3.63, 3.8) is 0 Å². The van der Waals surface area contributed by atoms with Crippen LogP contribution in [0.25, 0.3) is 11.4 Å². The number of halogens is 1. The maximum Gasteiger partial charge on any atom is 0.204 e. The summed E-state index contributed by atoms with van der Waals surface area (Å²) in [6.07, 6.45) is 0. The average molecular weight is 253 g/mol. The van der Waals surface area contributed by atoms with Gasteiger partial charge in [0.15, 0.2) is 0 Å². The molecule has 1 aromatic carbocycles. The van der Waals surface area contributed by atoms with E-state index in [-0.39, 0.29) is 0 Å². The van der Waals surface area contributed by atoms with E-state index >= 15 is 0 Å². The second-order valence-electron chi connectivity index (χ2n) is 3.07. The van der Waals surface area contributed by atoms with Gasteiger partial charge in [0.05, 0.1) is 7.05 Å². The Morgan fingerprint density at radius 1 is 1.36 bits per heavy atom. The molecule has 1 aromatic heterocycles. The molecular formula is C9H9BrN4. The van der Waals surface area contributed by atoms with Crippen molar-refractivity contribution in [2.75, 3.05) is 0 Å². The van der Waals surface area contributed by atoms with Crippen LogP contribution in [0.5, 0.6) is 0 Å². The standard InChI is InChI=1S/C9H9BrN4/c1-6-3-4-7(5-8(6)10)9-11-13-14(2)12-9/h3-5H,1-2H3. The van der Waals surface area contributed by atoms with Gasteiger partial charge in [-0.15, -0.1) is 10.2 Å². The van der Waals surface area contributed by atoms with E-state index in [4.69, 9.17) is 0 Å². The van der Waals surface area contributed by atoms with Gasteiger partial charge in [0.25, 0.3) is 0 Å².